The molecule has 1 saturated heterocycles. The van der Waals surface area contributed by atoms with Gasteiger partial charge < -0.3 is 18.9 Å². The van der Waals surface area contributed by atoms with Crippen molar-refractivity contribution < 1.29 is 33.3 Å². The maximum Gasteiger partial charge on any atom is 0.417 e. The third kappa shape index (κ3) is 5.24. The Morgan fingerprint density at radius 3 is 2.67 bits per heavy atom. The SMILES string of the molecule is CCOC(=O)c1csc([C@@H]2C[C@H](OCOC)C(=O)N2C(=O)OC(C)(C)C)n1. The number of hydrogen-bond donors (Lipinski definition) is 0. The van der Waals surface area contributed by atoms with E-state index >= 15 is 0 Å². The second kappa shape index (κ2) is 8.77. The summed E-state index contributed by atoms with van der Waals surface area (Å²) < 4.78 is 20.5. The van der Waals surface area contributed by atoms with Crippen molar-refractivity contribution in [3.8, 4) is 0 Å². The van der Waals surface area contributed by atoms with Crippen LogP contribution in [0.15, 0.2) is 5.38 Å². The zero-order valence-corrected chi connectivity index (χ0v) is 16.8. The fraction of sp³-hybridized carbons (Fsp3) is 0.647. The number of imide groups is 1. The number of aromatic nitrogens is 1. The number of rotatable bonds is 6. The maximum absolute atomic E-state index is 12.7. The average molecular weight is 400 g/mol. The van der Waals surface area contributed by atoms with Crippen LogP contribution in [-0.4, -0.2) is 60.1 Å². The molecule has 0 unspecified atom stereocenters. The highest BCUT2D eigenvalue weighted by Gasteiger charge is 2.47. The van der Waals surface area contributed by atoms with Gasteiger partial charge >= 0.3 is 12.1 Å². The van der Waals surface area contributed by atoms with E-state index in [4.69, 9.17) is 18.9 Å². The standard InChI is InChI=1S/C17H24N2O7S/c1-6-24-15(21)10-8-27-13(18-10)11-7-12(25-9-23-5)14(20)19(11)16(22)26-17(2,3)4/h8,11-12H,6-7,9H2,1-5H3/t11-,12-/m0/s1. The van der Waals surface area contributed by atoms with Crippen molar-refractivity contribution in [1.82, 2.24) is 9.88 Å². The maximum atomic E-state index is 12.7. The summed E-state index contributed by atoms with van der Waals surface area (Å²) in [5, 5.41) is 1.97. The molecule has 1 aromatic heterocycles. The lowest BCUT2D eigenvalue weighted by Crippen LogP contribution is -2.41. The highest BCUT2D eigenvalue weighted by molar-refractivity contribution is 7.09. The summed E-state index contributed by atoms with van der Waals surface area (Å²) in [7, 11) is 1.44. The number of carbonyl (C=O) groups excluding carboxylic acids is 3. The second-order valence-electron chi connectivity index (χ2n) is 6.79. The number of likely N-dealkylation sites (tertiary alicyclic amines) is 1. The van der Waals surface area contributed by atoms with Crippen LogP contribution in [0, 0.1) is 0 Å². The van der Waals surface area contributed by atoms with Crippen LogP contribution in [0.1, 0.15) is 55.7 Å². The first-order chi connectivity index (χ1) is 12.7. The minimum absolute atomic E-state index is 0.0861. The van der Waals surface area contributed by atoms with E-state index in [1.165, 1.54) is 23.8 Å². The average Bonchev–Trinajstić information content (AvgIpc) is 3.16. The third-order valence-electron chi connectivity index (χ3n) is 3.53. The lowest BCUT2D eigenvalue weighted by molar-refractivity contribution is -0.144. The Bertz CT molecular complexity index is 698. The molecule has 0 spiro atoms. The molecule has 0 radical (unpaired) electrons. The summed E-state index contributed by atoms with van der Waals surface area (Å²) >= 11 is 1.17. The molecule has 0 bridgehead atoms. The lowest BCUT2D eigenvalue weighted by Gasteiger charge is -2.26. The molecule has 1 aromatic rings. The molecule has 1 fully saturated rings. The first-order valence-corrected chi connectivity index (χ1v) is 9.35. The van der Waals surface area contributed by atoms with Crippen LogP contribution in [0.5, 0.6) is 0 Å². The molecule has 0 N–H and O–H groups in total. The van der Waals surface area contributed by atoms with Crippen molar-refractivity contribution in [1.29, 1.82) is 0 Å². The topological polar surface area (TPSA) is 104 Å². The predicted molar refractivity (Wildman–Crippen MR) is 95.3 cm³/mol. The van der Waals surface area contributed by atoms with E-state index in [-0.39, 0.29) is 25.5 Å². The van der Waals surface area contributed by atoms with E-state index in [9.17, 15) is 14.4 Å². The van der Waals surface area contributed by atoms with Crippen LogP contribution in [0.3, 0.4) is 0 Å². The van der Waals surface area contributed by atoms with Gasteiger partial charge in [0.05, 0.1) is 12.6 Å². The summed E-state index contributed by atoms with van der Waals surface area (Å²) in [6.07, 6.45) is -1.46. The van der Waals surface area contributed by atoms with Gasteiger partial charge in [-0.3, -0.25) is 4.79 Å². The molecule has 0 aromatic carbocycles. The van der Waals surface area contributed by atoms with Crippen molar-refractivity contribution in [2.75, 3.05) is 20.5 Å². The Morgan fingerprint density at radius 2 is 2.07 bits per heavy atom. The lowest BCUT2D eigenvalue weighted by atomic mass is 10.2. The van der Waals surface area contributed by atoms with Gasteiger partial charge in [0, 0.05) is 18.9 Å². The Balaban J connectivity index is 2.28. The van der Waals surface area contributed by atoms with E-state index in [1.54, 1.807) is 27.7 Å². The van der Waals surface area contributed by atoms with Gasteiger partial charge in [-0.15, -0.1) is 11.3 Å². The minimum Gasteiger partial charge on any atom is -0.461 e. The number of nitrogens with zero attached hydrogens (tertiary/aromatic N) is 2. The smallest absolute Gasteiger partial charge is 0.417 e. The van der Waals surface area contributed by atoms with E-state index in [1.807, 2.05) is 0 Å². The van der Waals surface area contributed by atoms with Gasteiger partial charge in [0.25, 0.3) is 5.91 Å². The summed E-state index contributed by atoms with van der Waals surface area (Å²) in [6.45, 7) is 6.97. The molecule has 2 amide bonds. The first kappa shape index (κ1) is 21.3. The van der Waals surface area contributed by atoms with Crippen LogP contribution in [0.25, 0.3) is 0 Å². The van der Waals surface area contributed by atoms with Crippen molar-refractivity contribution in [3.63, 3.8) is 0 Å². The van der Waals surface area contributed by atoms with Crippen molar-refractivity contribution in [2.24, 2.45) is 0 Å². The quantitative estimate of drug-likeness (QED) is 0.530. The van der Waals surface area contributed by atoms with Gasteiger partial charge in [0.2, 0.25) is 0 Å². The molecule has 2 heterocycles. The first-order valence-electron chi connectivity index (χ1n) is 8.47. The number of thiazole rings is 1. The van der Waals surface area contributed by atoms with Gasteiger partial charge in [-0.05, 0) is 27.7 Å². The molecule has 27 heavy (non-hydrogen) atoms. The van der Waals surface area contributed by atoms with Crippen molar-refractivity contribution >= 4 is 29.3 Å². The summed E-state index contributed by atoms with van der Waals surface area (Å²) in [5.74, 6) is -1.08. The minimum atomic E-state index is -0.864. The number of carbonyl (C=O) groups is 3. The monoisotopic (exact) mass is 400 g/mol. The van der Waals surface area contributed by atoms with Gasteiger partial charge in [0.1, 0.15) is 23.5 Å². The van der Waals surface area contributed by atoms with Gasteiger partial charge in [-0.2, -0.15) is 0 Å². The molecule has 150 valence electrons. The number of hydrogen-bond acceptors (Lipinski definition) is 9. The Morgan fingerprint density at radius 1 is 1.37 bits per heavy atom. The molecular weight excluding hydrogens is 376 g/mol. The molecule has 1 aliphatic heterocycles. The second-order valence-corrected chi connectivity index (χ2v) is 7.68. The molecule has 10 heteroatoms. The third-order valence-corrected chi connectivity index (χ3v) is 4.48. The van der Waals surface area contributed by atoms with Crippen LogP contribution < -0.4 is 0 Å². The molecule has 1 aliphatic rings. The molecule has 9 nitrogen and oxygen atoms in total. The molecule has 0 aliphatic carbocycles. The van der Waals surface area contributed by atoms with Crippen LogP contribution >= 0.6 is 11.3 Å². The van der Waals surface area contributed by atoms with E-state index in [0.29, 0.717) is 5.01 Å². The fourth-order valence-electron chi connectivity index (χ4n) is 2.49. The van der Waals surface area contributed by atoms with E-state index in [2.05, 4.69) is 4.98 Å². The zero-order chi connectivity index (χ0) is 20.2. The van der Waals surface area contributed by atoms with Crippen LogP contribution in [-0.2, 0) is 23.7 Å². The number of esters is 1. The molecule has 2 atom stereocenters. The van der Waals surface area contributed by atoms with Gasteiger partial charge in [-0.1, -0.05) is 0 Å². The largest absolute Gasteiger partial charge is 0.461 e. The summed E-state index contributed by atoms with van der Waals surface area (Å²) in [6, 6.07) is -0.692. The van der Waals surface area contributed by atoms with Gasteiger partial charge in [0.15, 0.2) is 5.69 Å². The summed E-state index contributed by atoms with van der Waals surface area (Å²) in [4.78, 5) is 42.4. The highest BCUT2D eigenvalue weighted by Crippen LogP contribution is 2.37. The van der Waals surface area contributed by atoms with Crippen molar-refractivity contribution in [2.45, 2.75) is 51.9 Å². The van der Waals surface area contributed by atoms with E-state index in [0.717, 1.165) is 4.90 Å². The van der Waals surface area contributed by atoms with E-state index < -0.39 is 35.7 Å². The number of amides is 2. The summed E-state index contributed by atoms with van der Waals surface area (Å²) in [5.41, 5.74) is -0.637. The van der Waals surface area contributed by atoms with Crippen LogP contribution in [0.2, 0.25) is 0 Å². The molecular formula is C17H24N2O7S. The fourth-order valence-corrected chi connectivity index (χ4v) is 3.38. The molecule has 2 rings (SSSR count). The molecule has 0 saturated carbocycles. The number of ether oxygens (including phenoxy) is 4. The normalized spacial score (nSPS) is 20.0. The Hall–Kier alpha value is -2.04. The van der Waals surface area contributed by atoms with Crippen LogP contribution in [0.4, 0.5) is 4.79 Å². The van der Waals surface area contributed by atoms with Crippen molar-refractivity contribution in [3.05, 3.63) is 16.1 Å². The number of methoxy groups -OCH3 is 1. The Kier molecular flexibility index (Phi) is 6.90. The Labute approximate surface area is 161 Å². The zero-order valence-electron chi connectivity index (χ0n) is 16.0. The van der Waals surface area contributed by atoms with Gasteiger partial charge in [-0.25, -0.2) is 19.5 Å². The predicted octanol–water partition coefficient (Wildman–Crippen LogP) is 2.52. The highest BCUT2D eigenvalue weighted by atomic mass is 32.1.